The van der Waals surface area contributed by atoms with E-state index < -0.39 is 18.0 Å². The lowest BCUT2D eigenvalue weighted by Crippen LogP contribution is -2.47. The number of hydrogen-bond acceptors (Lipinski definition) is 9. The van der Waals surface area contributed by atoms with Gasteiger partial charge in [0.2, 0.25) is 0 Å². The van der Waals surface area contributed by atoms with Crippen LogP contribution in [0.4, 0.5) is 0 Å². The summed E-state index contributed by atoms with van der Waals surface area (Å²) in [4.78, 5) is 24.2. The first-order valence-corrected chi connectivity index (χ1v) is 7.51. The lowest BCUT2D eigenvalue weighted by molar-refractivity contribution is -0.150. The number of methoxy groups -OCH3 is 1. The van der Waals surface area contributed by atoms with E-state index in [1.54, 1.807) is 13.0 Å². The van der Waals surface area contributed by atoms with Crippen LogP contribution in [0.5, 0.6) is 0 Å². The second-order valence-corrected chi connectivity index (χ2v) is 4.93. The van der Waals surface area contributed by atoms with Crippen molar-refractivity contribution in [3.05, 3.63) is 47.3 Å². The van der Waals surface area contributed by atoms with E-state index in [2.05, 4.69) is 20.6 Å². The van der Waals surface area contributed by atoms with Gasteiger partial charge in [0.1, 0.15) is 6.07 Å². The van der Waals surface area contributed by atoms with Crippen LogP contribution in [0.25, 0.3) is 0 Å². The highest BCUT2D eigenvalue weighted by Gasteiger charge is 2.35. The Morgan fingerprint density at radius 2 is 2.08 bits per heavy atom. The van der Waals surface area contributed by atoms with Gasteiger partial charge >= 0.3 is 11.9 Å². The molecule has 1 aliphatic rings. The van der Waals surface area contributed by atoms with Crippen molar-refractivity contribution in [1.29, 1.82) is 5.26 Å². The maximum atomic E-state index is 12.4. The van der Waals surface area contributed by atoms with Crippen molar-refractivity contribution in [2.75, 3.05) is 13.7 Å². The highest BCUT2D eigenvalue weighted by atomic mass is 16.5. The number of carbonyl (C=O) groups is 2. The number of benzene rings is 1. The molecule has 0 bridgehead atoms. The lowest BCUT2D eigenvalue weighted by Gasteiger charge is -2.26. The van der Waals surface area contributed by atoms with Crippen LogP contribution in [0.2, 0.25) is 0 Å². The minimum Gasteiger partial charge on any atom is -0.465 e. The molecule has 130 valence electrons. The van der Waals surface area contributed by atoms with Gasteiger partial charge in [-0.1, -0.05) is 35.6 Å². The average molecular weight is 343 g/mol. The standard InChI is InChI=1S/C16H17N5O4/c1-3-25-16(23)13(9-11-7-5-4-6-8-11)21-14(18-19-20-21)12(10-17)15(22)24-2/h4-8,13H,3,9H2,1-2H3,(H,18,20)/b14-12+. The monoisotopic (exact) mass is 343 g/mol. The van der Waals surface area contributed by atoms with E-state index in [0.29, 0.717) is 0 Å². The van der Waals surface area contributed by atoms with E-state index in [-0.39, 0.29) is 24.4 Å². The Hall–Kier alpha value is -3.41. The van der Waals surface area contributed by atoms with E-state index in [9.17, 15) is 14.9 Å². The van der Waals surface area contributed by atoms with Gasteiger partial charge in [-0.25, -0.2) is 14.6 Å². The Bertz CT molecular complexity index is 739. The number of nitrogens with zero attached hydrogens (tertiary/aromatic N) is 4. The summed E-state index contributed by atoms with van der Waals surface area (Å²) in [6.07, 6.45) is 0.265. The molecule has 0 aliphatic carbocycles. The van der Waals surface area contributed by atoms with Crippen molar-refractivity contribution in [2.45, 2.75) is 19.4 Å². The van der Waals surface area contributed by atoms with Crippen molar-refractivity contribution in [2.24, 2.45) is 10.3 Å². The molecule has 0 spiro atoms. The van der Waals surface area contributed by atoms with Gasteiger partial charge in [0.05, 0.1) is 13.7 Å². The minimum absolute atomic E-state index is 0.0941. The minimum atomic E-state index is -0.875. The number of ether oxygens (including phenoxy) is 2. The molecule has 1 unspecified atom stereocenters. The lowest BCUT2D eigenvalue weighted by atomic mass is 10.1. The summed E-state index contributed by atoms with van der Waals surface area (Å²) >= 11 is 0. The van der Waals surface area contributed by atoms with Crippen molar-refractivity contribution >= 4 is 11.9 Å². The third-order valence-electron chi connectivity index (χ3n) is 3.39. The molecule has 9 heteroatoms. The Morgan fingerprint density at radius 3 is 2.68 bits per heavy atom. The van der Waals surface area contributed by atoms with Crippen LogP contribution >= 0.6 is 0 Å². The smallest absolute Gasteiger partial charge is 0.352 e. The van der Waals surface area contributed by atoms with E-state index >= 15 is 0 Å². The Morgan fingerprint density at radius 1 is 1.36 bits per heavy atom. The summed E-state index contributed by atoms with van der Waals surface area (Å²) in [5.41, 5.74) is 3.04. The summed E-state index contributed by atoms with van der Waals surface area (Å²) in [6, 6.07) is 10.1. The maximum absolute atomic E-state index is 12.4. The molecule has 25 heavy (non-hydrogen) atoms. The molecule has 1 heterocycles. The number of nitriles is 1. The zero-order chi connectivity index (χ0) is 18.2. The van der Waals surface area contributed by atoms with Gasteiger partial charge in [-0.05, 0) is 12.5 Å². The summed E-state index contributed by atoms with van der Waals surface area (Å²) in [5.74, 6) is -1.50. The summed E-state index contributed by atoms with van der Waals surface area (Å²) < 4.78 is 9.69. The van der Waals surface area contributed by atoms with E-state index in [1.807, 2.05) is 30.3 Å². The number of carbonyl (C=O) groups excluding carboxylic acids is 2. The summed E-state index contributed by atoms with van der Waals surface area (Å²) in [5, 5.41) is 17.8. The normalized spacial score (nSPS) is 15.8. The van der Waals surface area contributed by atoms with Gasteiger partial charge in [0.15, 0.2) is 17.4 Å². The van der Waals surface area contributed by atoms with Gasteiger partial charge in [-0.2, -0.15) is 10.8 Å². The van der Waals surface area contributed by atoms with Crippen molar-refractivity contribution < 1.29 is 19.1 Å². The molecule has 1 N–H and O–H groups in total. The fourth-order valence-electron chi connectivity index (χ4n) is 2.25. The van der Waals surface area contributed by atoms with Crippen LogP contribution in [-0.4, -0.2) is 36.7 Å². The Balaban J connectivity index is 2.39. The first kappa shape index (κ1) is 17.9. The number of nitrogens with one attached hydrogen (secondary N) is 1. The predicted octanol–water partition coefficient (Wildman–Crippen LogP) is 1.26. The molecule has 1 atom stereocenters. The molecule has 1 aromatic rings. The van der Waals surface area contributed by atoms with Crippen LogP contribution in [-0.2, 0) is 25.5 Å². The topological polar surface area (TPSA) is 116 Å². The first-order chi connectivity index (χ1) is 12.1. The van der Waals surface area contributed by atoms with Gasteiger partial charge in [0.25, 0.3) is 0 Å². The third-order valence-corrected chi connectivity index (χ3v) is 3.39. The molecule has 0 radical (unpaired) electrons. The largest absolute Gasteiger partial charge is 0.465 e. The van der Waals surface area contributed by atoms with Crippen LogP contribution in [0.1, 0.15) is 12.5 Å². The van der Waals surface area contributed by atoms with Crippen molar-refractivity contribution in [3.8, 4) is 6.07 Å². The zero-order valence-corrected chi connectivity index (χ0v) is 13.8. The Labute approximate surface area is 144 Å². The maximum Gasteiger partial charge on any atom is 0.352 e. The van der Waals surface area contributed by atoms with Crippen LogP contribution in [0.3, 0.4) is 0 Å². The molecule has 2 rings (SSSR count). The molecule has 0 aromatic heterocycles. The average Bonchev–Trinajstić information content (AvgIpc) is 3.10. The second kappa shape index (κ2) is 8.44. The fraction of sp³-hybridized carbons (Fsp3) is 0.312. The fourth-order valence-corrected chi connectivity index (χ4v) is 2.25. The van der Waals surface area contributed by atoms with Crippen molar-refractivity contribution in [1.82, 2.24) is 10.5 Å². The zero-order valence-electron chi connectivity index (χ0n) is 13.8. The molecule has 0 saturated heterocycles. The molecular weight excluding hydrogens is 326 g/mol. The van der Waals surface area contributed by atoms with Gasteiger partial charge < -0.3 is 9.47 Å². The molecule has 0 fully saturated rings. The Kier molecular flexibility index (Phi) is 6.06. The molecule has 9 nitrogen and oxygen atoms in total. The highest BCUT2D eigenvalue weighted by molar-refractivity contribution is 5.93. The SMILES string of the molecule is CCOC(=O)C(Cc1ccccc1)N1NN=N/C1=C(/C#N)C(=O)OC. The summed E-state index contributed by atoms with van der Waals surface area (Å²) in [6.45, 7) is 1.88. The molecule has 0 saturated carbocycles. The van der Waals surface area contributed by atoms with Crippen LogP contribution < -0.4 is 5.53 Å². The predicted molar refractivity (Wildman–Crippen MR) is 85.1 cm³/mol. The van der Waals surface area contributed by atoms with E-state index in [0.717, 1.165) is 12.7 Å². The molecular formula is C16H17N5O4. The molecule has 1 aromatic carbocycles. The second-order valence-electron chi connectivity index (χ2n) is 4.93. The third kappa shape index (κ3) is 4.11. The number of hydrazine groups is 1. The van der Waals surface area contributed by atoms with Gasteiger partial charge in [0, 0.05) is 6.42 Å². The van der Waals surface area contributed by atoms with E-state index in [4.69, 9.17) is 4.74 Å². The first-order valence-electron chi connectivity index (χ1n) is 7.51. The number of esters is 2. The highest BCUT2D eigenvalue weighted by Crippen LogP contribution is 2.22. The molecule has 0 amide bonds. The van der Waals surface area contributed by atoms with E-state index in [1.165, 1.54) is 5.01 Å². The van der Waals surface area contributed by atoms with Crippen LogP contribution in [0, 0.1) is 11.3 Å². The number of rotatable bonds is 6. The van der Waals surface area contributed by atoms with Gasteiger partial charge in [-0.15, -0.1) is 5.11 Å². The molecule has 1 aliphatic heterocycles. The quantitative estimate of drug-likeness (QED) is 0.469. The van der Waals surface area contributed by atoms with Crippen LogP contribution in [0.15, 0.2) is 52.1 Å². The summed E-state index contributed by atoms with van der Waals surface area (Å²) in [7, 11) is 1.15. The van der Waals surface area contributed by atoms with Crippen molar-refractivity contribution in [3.63, 3.8) is 0 Å². The van der Waals surface area contributed by atoms with Gasteiger partial charge in [-0.3, -0.25) is 0 Å². The number of hydrogen-bond donors (Lipinski definition) is 1.